The van der Waals surface area contributed by atoms with Gasteiger partial charge in [-0.05, 0) is 59.8 Å². The lowest BCUT2D eigenvalue weighted by Crippen LogP contribution is -2.38. The maximum Gasteiger partial charge on any atom is 0.132 e. The topological polar surface area (TPSA) is 53.5 Å². The highest BCUT2D eigenvalue weighted by Gasteiger charge is 2.23. The first-order chi connectivity index (χ1) is 12.1. The summed E-state index contributed by atoms with van der Waals surface area (Å²) >= 11 is 0. The molecule has 0 aromatic carbocycles. The fraction of sp³-hybridized carbons (Fsp3) is 0.789. The van der Waals surface area contributed by atoms with Gasteiger partial charge in [0.05, 0.1) is 6.10 Å². The van der Waals surface area contributed by atoms with Crippen molar-refractivity contribution in [2.75, 3.05) is 58.3 Å². The molecule has 3 heterocycles. The molecule has 6 heteroatoms. The molecule has 2 saturated heterocycles. The molecule has 1 aromatic heterocycles. The van der Waals surface area contributed by atoms with Crippen molar-refractivity contribution in [3.8, 4) is 0 Å². The van der Waals surface area contributed by atoms with Crippen molar-refractivity contribution in [2.24, 2.45) is 0 Å². The summed E-state index contributed by atoms with van der Waals surface area (Å²) in [5.41, 5.74) is 1.21. The molecule has 1 aromatic rings. The highest BCUT2D eigenvalue weighted by atomic mass is 16.5. The molecular formula is C19H33N5O. The zero-order chi connectivity index (χ0) is 17.6. The highest BCUT2D eigenvalue weighted by molar-refractivity contribution is 5.41. The Balaban J connectivity index is 1.78. The summed E-state index contributed by atoms with van der Waals surface area (Å²) in [4.78, 5) is 14.2. The number of likely N-dealkylation sites (N-methyl/N-ethyl adjacent to an activating group) is 1. The Morgan fingerprint density at radius 3 is 2.64 bits per heavy atom. The summed E-state index contributed by atoms with van der Waals surface area (Å²) in [5.74, 6) is 2.51. The predicted molar refractivity (Wildman–Crippen MR) is 101 cm³/mol. The van der Waals surface area contributed by atoms with Crippen molar-refractivity contribution >= 4 is 5.82 Å². The van der Waals surface area contributed by atoms with Crippen molar-refractivity contribution in [1.82, 2.24) is 20.2 Å². The number of aryl methyl sites for hydroxylation is 1. The van der Waals surface area contributed by atoms with Gasteiger partial charge in [-0.15, -0.1) is 0 Å². The van der Waals surface area contributed by atoms with E-state index in [1.807, 2.05) is 6.92 Å². The molecule has 1 atom stereocenters. The first-order valence-corrected chi connectivity index (χ1v) is 9.69. The van der Waals surface area contributed by atoms with E-state index >= 15 is 0 Å². The molecule has 2 aliphatic rings. The minimum Gasteiger partial charge on any atom is -0.376 e. The third-order valence-electron chi connectivity index (χ3n) is 5.19. The fourth-order valence-corrected chi connectivity index (χ4v) is 3.72. The zero-order valence-corrected chi connectivity index (χ0v) is 16.0. The Morgan fingerprint density at radius 2 is 1.96 bits per heavy atom. The summed E-state index contributed by atoms with van der Waals surface area (Å²) in [6.07, 6.45) is 5.00. The van der Waals surface area contributed by atoms with Crippen LogP contribution in [0.2, 0.25) is 0 Å². The number of hydrogen-bond acceptors (Lipinski definition) is 6. The summed E-state index contributed by atoms with van der Waals surface area (Å²) < 4.78 is 5.88. The number of hydrogen-bond donors (Lipinski definition) is 1. The lowest BCUT2D eigenvalue weighted by molar-refractivity contribution is 0.115. The van der Waals surface area contributed by atoms with Gasteiger partial charge in [-0.1, -0.05) is 0 Å². The smallest absolute Gasteiger partial charge is 0.132 e. The summed E-state index contributed by atoms with van der Waals surface area (Å²) in [6.45, 7) is 8.00. The van der Waals surface area contributed by atoms with Gasteiger partial charge in [-0.25, -0.2) is 9.97 Å². The standard InChI is InChI=1S/C19H33N5O/c1-15-21-18(16-6-8-20-9-7-16)13-19(22-15)24(11-10-23(2)3)14-17-5-4-12-25-17/h13,16-17,20H,4-12,14H2,1-3H3. The van der Waals surface area contributed by atoms with Gasteiger partial charge in [-0.3, -0.25) is 0 Å². The average molecular weight is 348 g/mol. The zero-order valence-electron chi connectivity index (χ0n) is 16.0. The molecular weight excluding hydrogens is 314 g/mol. The molecule has 0 radical (unpaired) electrons. The number of anilines is 1. The van der Waals surface area contributed by atoms with Crippen LogP contribution in [0.1, 0.15) is 43.1 Å². The van der Waals surface area contributed by atoms with E-state index in [1.165, 1.54) is 25.0 Å². The van der Waals surface area contributed by atoms with Crippen LogP contribution in [0.25, 0.3) is 0 Å². The normalized spacial score (nSPS) is 21.8. The number of nitrogens with one attached hydrogen (secondary N) is 1. The molecule has 0 aliphatic carbocycles. The monoisotopic (exact) mass is 347 g/mol. The largest absolute Gasteiger partial charge is 0.376 e. The second kappa shape index (κ2) is 8.92. The molecule has 2 fully saturated rings. The lowest BCUT2D eigenvalue weighted by Gasteiger charge is -2.29. The maximum atomic E-state index is 5.88. The van der Waals surface area contributed by atoms with Gasteiger partial charge in [0.1, 0.15) is 11.6 Å². The molecule has 3 rings (SSSR count). The van der Waals surface area contributed by atoms with Gasteiger partial charge in [0.2, 0.25) is 0 Å². The van der Waals surface area contributed by atoms with Gasteiger partial charge in [0, 0.05) is 43.9 Å². The van der Waals surface area contributed by atoms with Crippen LogP contribution in [0.15, 0.2) is 6.07 Å². The summed E-state index contributed by atoms with van der Waals surface area (Å²) in [7, 11) is 4.24. The van der Waals surface area contributed by atoms with Crippen LogP contribution >= 0.6 is 0 Å². The molecule has 25 heavy (non-hydrogen) atoms. The fourth-order valence-electron chi connectivity index (χ4n) is 3.72. The van der Waals surface area contributed by atoms with Crippen LogP contribution in [0.3, 0.4) is 0 Å². The summed E-state index contributed by atoms with van der Waals surface area (Å²) in [6, 6.07) is 2.23. The van der Waals surface area contributed by atoms with Crippen molar-refractivity contribution in [3.63, 3.8) is 0 Å². The quantitative estimate of drug-likeness (QED) is 0.812. The van der Waals surface area contributed by atoms with E-state index in [0.29, 0.717) is 12.0 Å². The van der Waals surface area contributed by atoms with Crippen LogP contribution < -0.4 is 10.2 Å². The molecule has 2 aliphatic heterocycles. The Labute approximate surface area is 152 Å². The number of ether oxygens (including phenoxy) is 1. The second-order valence-corrected chi connectivity index (χ2v) is 7.61. The molecule has 0 bridgehead atoms. The maximum absolute atomic E-state index is 5.88. The third kappa shape index (κ3) is 5.36. The predicted octanol–water partition coefficient (Wildman–Crippen LogP) is 1.80. The van der Waals surface area contributed by atoms with Crippen molar-refractivity contribution < 1.29 is 4.74 Å². The first-order valence-electron chi connectivity index (χ1n) is 9.69. The Morgan fingerprint density at radius 1 is 1.16 bits per heavy atom. The average Bonchev–Trinajstić information content (AvgIpc) is 3.12. The number of aromatic nitrogens is 2. The van der Waals surface area contributed by atoms with Crippen LogP contribution in [0.4, 0.5) is 5.82 Å². The van der Waals surface area contributed by atoms with Crippen LogP contribution in [0, 0.1) is 6.92 Å². The third-order valence-corrected chi connectivity index (χ3v) is 5.19. The number of piperidine rings is 1. The molecule has 1 N–H and O–H groups in total. The van der Waals surface area contributed by atoms with Crippen molar-refractivity contribution in [1.29, 1.82) is 0 Å². The SMILES string of the molecule is Cc1nc(C2CCNCC2)cc(N(CCN(C)C)CC2CCCO2)n1. The minimum absolute atomic E-state index is 0.333. The Kier molecular flexibility index (Phi) is 6.62. The van der Waals surface area contributed by atoms with Gasteiger partial charge in [0.25, 0.3) is 0 Å². The summed E-state index contributed by atoms with van der Waals surface area (Å²) in [5, 5.41) is 3.44. The Bertz CT molecular complexity index is 539. The molecule has 6 nitrogen and oxygen atoms in total. The molecule has 1 unspecified atom stereocenters. The van der Waals surface area contributed by atoms with E-state index in [2.05, 4.69) is 35.3 Å². The van der Waals surface area contributed by atoms with Gasteiger partial charge in [0.15, 0.2) is 0 Å². The van der Waals surface area contributed by atoms with Crippen molar-refractivity contribution in [3.05, 3.63) is 17.6 Å². The minimum atomic E-state index is 0.333. The van der Waals surface area contributed by atoms with E-state index in [0.717, 1.165) is 57.4 Å². The van der Waals surface area contributed by atoms with Crippen LogP contribution in [0.5, 0.6) is 0 Å². The van der Waals surface area contributed by atoms with E-state index in [9.17, 15) is 0 Å². The molecule has 0 spiro atoms. The van der Waals surface area contributed by atoms with E-state index in [4.69, 9.17) is 14.7 Å². The van der Waals surface area contributed by atoms with E-state index in [1.54, 1.807) is 0 Å². The van der Waals surface area contributed by atoms with Crippen LogP contribution in [-0.4, -0.2) is 74.4 Å². The lowest BCUT2D eigenvalue weighted by atomic mass is 9.94. The molecule has 140 valence electrons. The molecule has 0 amide bonds. The number of nitrogens with zero attached hydrogens (tertiary/aromatic N) is 4. The van der Waals surface area contributed by atoms with E-state index in [-0.39, 0.29) is 0 Å². The number of rotatable bonds is 7. The van der Waals surface area contributed by atoms with Gasteiger partial charge < -0.3 is 19.9 Å². The van der Waals surface area contributed by atoms with Gasteiger partial charge in [-0.2, -0.15) is 0 Å². The second-order valence-electron chi connectivity index (χ2n) is 7.61. The van der Waals surface area contributed by atoms with Gasteiger partial charge >= 0.3 is 0 Å². The van der Waals surface area contributed by atoms with E-state index < -0.39 is 0 Å². The highest BCUT2D eigenvalue weighted by Crippen LogP contribution is 2.27. The van der Waals surface area contributed by atoms with Crippen LogP contribution in [-0.2, 0) is 4.74 Å². The molecule has 0 saturated carbocycles. The first kappa shape index (κ1) is 18.5. The van der Waals surface area contributed by atoms with Crippen molar-refractivity contribution in [2.45, 2.75) is 44.6 Å². The Hall–Kier alpha value is -1.24.